The number of benzene rings is 2. The minimum atomic E-state index is -3.72. The van der Waals surface area contributed by atoms with Crippen molar-refractivity contribution in [2.45, 2.75) is 19.5 Å². The van der Waals surface area contributed by atoms with Gasteiger partial charge in [-0.3, -0.25) is 4.79 Å². The molecule has 2 aromatic carbocycles. The van der Waals surface area contributed by atoms with E-state index in [2.05, 4.69) is 5.32 Å². The van der Waals surface area contributed by atoms with Gasteiger partial charge < -0.3 is 14.8 Å². The summed E-state index contributed by atoms with van der Waals surface area (Å²) in [4.78, 5) is 12.3. The molecule has 0 aliphatic carbocycles. The third-order valence-corrected chi connectivity index (χ3v) is 5.26. The predicted molar refractivity (Wildman–Crippen MR) is 108 cm³/mol. The second-order valence-corrected chi connectivity index (χ2v) is 8.54. The fraction of sp³-hybridized carbons (Fsp3) is 0.350. The molecule has 0 aromatic heterocycles. The first-order chi connectivity index (χ1) is 13.7. The molecule has 1 N–H and O–H groups in total. The number of rotatable bonds is 10. The van der Waals surface area contributed by atoms with Gasteiger partial charge in [-0.1, -0.05) is 30.3 Å². The van der Waals surface area contributed by atoms with Crippen molar-refractivity contribution >= 4 is 15.9 Å². The number of sulfonamides is 1. The molecule has 1 atom stereocenters. The first-order valence-corrected chi connectivity index (χ1v) is 10.8. The third kappa shape index (κ3) is 7.03. The SMILES string of the molecule is COc1ccccc1OCC(C)NC(=O)CN(Cc1ccccc1F)S(C)(=O)=O. The normalized spacial score (nSPS) is 12.4. The van der Waals surface area contributed by atoms with E-state index in [1.165, 1.54) is 25.3 Å². The van der Waals surface area contributed by atoms with Gasteiger partial charge in [0.1, 0.15) is 12.4 Å². The van der Waals surface area contributed by atoms with Crippen molar-refractivity contribution in [2.75, 3.05) is 26.5 Å². The van der Waals surface area contributed by atoms with Crippen LogP contribution in [-0.2, 0) is 21.4 Å². The van der Waals surface area contributed by atoms with E-state index in [-0.39, 0.29) is 24.8 Å². The summed E-state index contributed by atoms with van der Waals surface area (Å²) in [5, 5.41) is 2.69. The predicted octanol–water partition coefficient (Wildman–Crippen LogP) is 2.18. The standard InChI is InChI=1S/C20H25FN2O5S/c1-15(14-28-19-11-7-6-10-18(19)27-2)22-20(24)13-23(29(3,25)26)12-16-8-4-5-9-17(16)21/h4-11,15H,12-14H2,1-3H3,(H,22,24). The summed E-state index contributed by atoms with van der Waals surface area (Å²) in [5.41, 5.74) is 0.193. The van der Waals surface area contributed by atoms with Gasteiger partial charge in [-0.2, -0.15) is 4.31 Å². The topological polar surface area (TPSA) is 84.9 Å². The molecule has 2 rings (SSSR count). The third-order valence-electron chi connectivity index (χ3n) is 4.06. The Hall–Kier alpha value is -2.65. The average Bonchev–Trinajstić information content (AvgIpc) is 2.67. The highest BCUT2D eigenvalue weighted by molar-refractivity contribution is 7.88. The summed E-state index contributed by atoms with van der Waals surface area (Å²) in [5.74, 6) is 0.0654. The first-order valence-electron chi connectivity index (χ1n) is 8.94. The molecule has 0 saturated carbocycles. The van der Waals surface area contributed by atoms with Gasteiger partial charge in [0.25, 0.3) is 0 Å². The number of nitrogens with one attached hydrogen (secondary N) is 1. The maximum absolute atomic E-state index is 13.9. The van der Waals surface area contributed by atoms with Crippen molar-refractivity contribution in [3.05, 3.63) is 59.9 Å². The number of ether oxygens (including phenoxy) is 2. The van der Waals surface area contributed by atoms with Gasteiger partial charge in [0.15, 0.2) is 11.5 Å². The Labute approximate surface area is 170 Å². The van der Waals surface area contributed by atoms with Crippen LogP contribution >= 0.6 is 0 Å². The quantitative estimate of drug-likeness (QED) is 0.632. The van der Waals surface area contributed by atoms with Crippen molar-refractivity contribution in [3.63, 3.8) is 0 Å². The van der Waals surface area contributed by atoms with Crippen molar-refractivity contribution in [3.8, 4) is 11.5 Å². The minimum Gasteiger partial charge on any atom is -0.493 e. The van der Waals surface area contributed by atoms with Crippen molar-refractivity contribution in [2.24, 2.45) is 0 Å². The molecule has 9 heteroatoms. The molecule has 0 bridgehead atoms. The number of methoxy groups -OCH3 is 1. The lowest BCUT2D eigenvalue weighted by atomic mass is 10.2. The van der Waals surface area contributed by atoms with Gasteiger partial charge in [-0.05, 0) is 25.1 Å². The maximum atomic E-state index is 13.9. The minimum absolute atomic E-state index is 0.165. The van der Waals surface area contributed by atoms with Gasteiger partial charge in [-0.15, -0.1) is 0 Å². The molecular weight excluding hydrogens is 399 g/mol. The Morgan fingerprint density at radius 1 is 1.14 bits per heavy atom. The summed E-state index contributed by atoms with van der Waals surface area (Å²) >= 11 is 0. The average molecular weight is 424 g/mol. The van der Waals surface area contributed by atoms with Crippen LogP contribution in [0.5, 0.6) is 11.5 Å². The molecule has 0 aliphatic rings. The second-order valence-electron chi connectivity index (χ2n) is 6.55. The summed E-state index contributed by atoms with van der Waals surface area (Å²) in [6.45, 7) is 1.24. The summed E-state index contributed by atoms with van der Waals surface area (Å²) in [6.07, 6.45) is 0.981. The summed E-state index contributed by atoms with van der Waals surface area (Å²) < 4.78 is 49.7. The van der Waals surface area contributed by atoms with Crippen molar-refractivity contribution in [1.82, 2.24) is 9.62 Å². The molecule has 0 spiro atoms. The number of carbonyl (C=O) groups excluding carboxylic acids is 1. The second kappa shape index (κ2) is 10.2. The smallest absolute Gasteiger partial charge is 0.235 e. The van der Waals surface area contributed by atoms with Gasteiger partial charge in [0.05, 0.1) is 26.0 Å². The van der Waals surface area contributed by atoms with E-state index in [0.717, 1.165) is 10.6 Å². The number of carbonyl (C=O) groups is 1. The molecule has 0 heterocycles. The van der Waals surface area contributed by atoms with E-state index in [1.54, 1.807) is 31.2 Å². The molecular formula is C20H25FN2O5S. The van der Waals surface area contributed by atoms with E-state index >= 15 is 0 Å². The van der Waals surface area contributed by atoms with Crippen LogP contribution in [-0.4, -0.2) is 51.2 Å². The van der Waals surface area contributed by atoms with E-state index in [9.17, 15) is 17.6 Å². The number of nitrogens with zero attached hydrogens (tertiary/aromatic N) is 1. The molecule has 29 heavy (non-hydrogen) atoms. The zero-order valence-electron chi connectivity index (χ0n) is 16.6. The number of hydrogen-bond acceptors (Lipinski definition) is 5. The lowest BCUT2D eigenvalue weighted by Gasteiger charge is -2.22. The number of halogens is 1. The fourth-order valence-electron chi connectivity index (χ4n) is 2.58. The first kappa shape index (κ1) is 22.6. The highest BCUT2D eigenvalue weighted by atomic mass is 32.2. The molecule has 0 saturated heterocycles. The van der Waals surface area contributed by atoms with Crippen molar-refractivity contribution in [1.29, 1.82) is 0 Å². The van der Waals surface area contributed by atoms with Crippen LogP contribution in [0.1, 0.15) is 12.5 Å². The number of para-hydroxylation sites is 2. The number of hydrogen-bond donors (Lipinski definition) is 1. The highest BCUT2D eigenvalue weighted by Crippen LogP contribution is 2.25. The van der Waals surface area contributed by atoms with Crippen LogP contribution in [0.2, 0.25) is 0 Å². The Morgan fingerprint density at radius 2 is 1.76 bits per heavy atom. The Kier molecular flexibility index (Phi) is 7.98. The lowest BCUT2D eigenvalue weighted by molar-refractivity contribution is -0.122. The lowest BCUT2D eigenvalue weighted by Crippen LogP contribution is -2.44. The van der Waals surface area contributed by atoms with Gasteiger partial charge in [0, 0.05) is 12.1 Å². The highest BCUT2D eigenvalue weighted by Gasteiger charge is 2.22. The van der Waals surface area contributed by atoms with Crippen LogP contribution in [0.3, 0.4) is 0 Å². The summed E-state index contributed by atoms with van der Waals surface area (Å²) in [6, 6.07) is 12.6. The van der Waals surface area contributed by atoms with E-state index in [0.29, 0.717) is 11.5 Å². The zero-order chi connectivity index (χ0) is 21.4. The van der Waals surface area contributed by atoms with E-state index in [4.69, 9.17) is 9.47 Å². The van der Waals surface area contributed by atoms with Crippen LogP contribution in [0.4, 0.5) is 4.39 Å². The largest absolute Gasteiger partial charge is 0.493 e. The van der Waals surface area contributed by atoms with Crippen molar-refractivity contribution < 1.29 is 27.1 Å². The number of amides is 1. The maximum Gasteiger partial charge on any atom is 0.235 e. The Bertz CT molecular complexity index is 936. The van der Waals surface area contributed by atoms with Crippen LogP contribution in [0.15, 0.2) is 48.5 Å². The van der Waals surface area contributed by atoms with E-state index < -0.39 is 28.3 Å². The van der Waals surface area contributed by atoms with Gasteiger partial charge in [-0.25, -0.2) is 12.8 Å². The molecule has 0 radical (unpaired) electrons. The Morgan fingerprint density at radius 3 is 2.38 bits per heavy atom. The molecule has 1 amide bonds. The van der Waals surface area contributed by atoms with Gasteiger partial charge >= 0.3 is 0 Å². The van der Waals surface area contributed by atoms with Crippen LogP contribution in [0, 0.1) is 5.82 Å². The molecule has 7 nitrogen and oxygen atoms in total. The van der Waals surface area contributed by atoms with Gasteiger partial charge in [0.2, 0.25) is 15.9 Å². The van der Waals surface area contributed by atoms with Crippen LogP contribution < -0.4 is 14.8 Å². The summed E-state index contributed by atoms with van der Waals surface area (Å²) in [7, 11) is -2.19. The van der Waals surface area contributed by atoms with Crippen LogP contribution in [0.25, 0.3) is 0 Å². The zero-order valence-corrected chi connectivity index (χ0v) is 17.4. The molecule has 2 aromatic rings. The monoisotopic (exact) mass is 424 g/mol. The molecule has 0 aliphatic heterocycles. The Balaban J connectivity index is 1.94. The molecule has 1 unspecified atom stereocenters. The molecule has 158 valence electrons. The van der Waals surface area contributed by atoms with E-state index in [1.807, 2.05) is 6.07 Å². The fourth-order valence-corrected chi connectivity index (χ4v) is 3.31. The molecule has 0 fully saturated rings.